The molecule has 0 atom stereocenters. The molecule has 0 amide bonds. The van der Waals surface area contributed by atoms with E-state index in [0.29, 0.717) is 18.4 Å². The highest BCUT2D eigenvalue weighted by Crippen LogP contribution is 2.46. The third-order valence-corrected chi connectivity index (χ3v) is 3.49. The molecule has 1 N–H and O–H groups in total. The van der Waals surface area contributed by atoms with E-state index in [1.54, 1.807) is 0 Å². The number of halogens is 1. The molecule has 18 heavy (non-hydrogen) atoms. The number of nitrogens with zero attached hydrogens (tertiary/aromatic N) is 1. The first-order valence-electron chi connectivity index (χ1n) is 5.63. The summed E-state index contributed by atoms with van der Waals surface area (Å²) in [5.74, 6) is -1.63. The van der Waals surface area contributed by atoms with Gasteiger partial charge in [0, 0.05) is 5.56 Å². The van der Waals surface area contributed by atoms with Crippen molar-refractivity contribution in [3.63, 3.8) is 0 Å². The number of aliphatic imine (C=N–C) groups is 1. The van der Waals surface area contributed by atoms with Crippen molar-refractivity contribution in [1.29, 1.82) is 0 Å². The van der Waals surface area contributed by atoms with E-state index in [1.165, 1.54) is 25.1 Å². The first-order chi connectivity index (χ1) is 8.50. The highest BCUT2D eigenvalue weighted by atomic mass is 19.1. The topological polar surface area (TPSA) is 66.7 Å². The van der Waals surface area contributed by atoms with Crippen LogP contribution in [0.5, 0.6) is 0 Å². The molecule has 0 bridgehead atoms. The van der Waals surface area contributed by atoms with E-state index >= 15 is 0 Å². The zero-order chi connectivity index (χ0) is 13.3. The SMILES string of the molecule is Cc1cc(F)c(C2(N=C=O)CCC2)cc1C(=O)O. The summed E-state index contributed by atoms with van der Waals surface area (Å²) in [6.45, 7) is 1.53. The van der Waals surface area contributed by atoms with Gasteiger partial charge in [0.2, 0.25) is 6.08 Å². The monoisotopic (exact) mass is 249 g/mol. The van der Waals surface area contributed by atoms with Gasteiger partial charge in [0.05, 0.1) is 5.56 Å². The Kier molecular flexibility index (Phi) is 3.01. The number of isocyanates is 1. The van der Waals surface area contributed by atoms with Crippen LogP contribution < -0.4 is 0 Å². The molecule has 0 heterocycles. The number of rotatable bonds is 3. The second kappa shape index (κ2) is 4.35. The van der Waals surface area contributed by atoms with Gasteiger partial charge in [-0.3, -0.25) is 0 Å². The molecule has 0 saturated heterocycles. The Morgan fingerprint density at radius 3 is 2.61 bits per heavy atom. The molecule has 0 unspecified atom stereocenters. The summed E-state index contributed by atoms with van der Waals surface area (Å²) in [6.07, 6.45) is 3.38. The number of aromatic carboxylic acids is 1. The molecule has 0 aromatic heterocycles. The average Bonchev–Trinajstić information content (AvgIpc) is 2.24. The molecule has 1 aliphatic carbocycles. The van der Waals surface area contributed by atoms with E-state index in [0.717, 1.165) is 6.42 Å². The molecule has 1 fully saturated rings. The lowest BCUT2D eigenvalue weighted by molar-refractivity contribution is 0.0695. The first-order valence-corrected chi connectivity index (χ1v) is 5.63. The second-order valence-electron chi connectivity index (χ2n) is 4.54. The van der Waals surface area contributed by atoms with Gasteiger partial charge in [0.1, 0.15) is 11.4 Å². The van der Waals surface area contributed by atoms with E-state index < -0.39 is 17.3 Å². The van der Waals surface area contributed by atoms with Crippen LogP contribution >= 0.6 is 0 Å². The standard InChI is InChI=1S/C13H12FNO3/c1-8-5-11(14)10(6-9(8)12(17)18)13(15-7-16)3-2-4-13/h5-6H,2-4H2,1H3,(H,17,18). The van der Waals surface area contributed by atoms with Gasteiger partial charge in [-0.05, 0) is 43.9 Å². The van der Waals surface area contributed by atoms with Crippen molar-refractivity contribution in [2.75, 3.05) is 0 Å². The van der Waals surface area contributed by atoms with Crippen LogP contribution in [0.1, 0.15) is 40.7 Å². The van der Waals surface area contributed by atoms with Crippen molar-refractivity contribution >= 4 is 12.0 Å². The quantitative estimate of drug-likeness (QED) is 0.661. The number of hydrogen-bond acceptors (Lipinski definition) is 3. The molecule has 1 aliphatic rings. The smallest absolute Gasteiger partial charge is 0.335 e. The number of benzene rings is 1. The summed E-state index contributed by atoms with van der Waals surface area (Å²) < 4.78 is 14.0. The average molecular weight is 249 g/mol. The van der Waals surface area contributed by atoms with Crippen LogP contribution in [0.3, 0.4) is 0 Å². The van der Waals surface area contributed by atoms with Crippen LogP contribution in [0, 0.1) is 12.7 Å². The van der Waals surface area contributed by atoms with Crippen molar-refractivity contribution in [2.45, 2.75) is 31.7 Å². The Labute approximate surface area is 103 Å². The van der Waals surface area contributed by atoms with Crippen molar-refractivity contribution < 1.29 is 19.1 Å². The van der Waals surface area contributed by atoms with Gasteiger partial charge in [0.25, 0.3) is 0 Å². The molecule has 4 nitrogen and oxygen atoms in total. The summed E-state index contributed by atoms with van der Waals surface area (Å²) in [5, 5.41) is 9.04. The Hall–Kier alpha value is -2.00. The molecule has 0 aliphatic heterocycles. The molecule has 0 spiro atoms. The number of hydrogen-bond donors (Lipinski definition) is 1. The van der Waals surface area contributed by atoms with E-state index in [9.17, 15) is 14.0 Å². The number of carboxylic acids is 1. The highest BCUT2D eigenvalue weighted by molar-refractivity contribution is 5.89. The number of aryl methyl sites for hydroxylation is 1. The fourth-order valence-electron chi connectivity index (χ4n) is 2.30. The Morgan fingerprint density at radius 2 is 2.17 bits per heavy atom. The molecule has 5 heteroatoms. The Morgan fingerprint density at radius 1 is 1.50 bits per heavy atom. The minimum absolute atomic E-state index is 0.0405. The summed E-state index contributed by atoms with van der Waals surface area (Å²) in [5.41, 5.74) is -0.337. The predicted octanol–water partition coefficient (Wildman–Crippen LogP) is 2.55. The number of carbonyl (C=O) groups excluding carboxylic acids is 1. The van der Waals surface area contributed by atoms with E-state index in [4.69, 9.17) is 5.11 Å². The van der Waals surface area contributed by atoms with Crippen molar-refractivity contribution in [1.82, 2.24) is 0 Å². The lowest BCUT2D eigenvalue weighted by Gasteiger charge is -2.37. The zero-order valence-corrected chi connectivity index (χ0v) is 9.86. The first kappa shape index (κ1) is 12.5. The summed E-state index contributed by atoms with van der Waals surface area (Å²) in [4.78, 5) is 25.2. The maximum Gasteiger partial charge on any atom is 0.335 e. The molecular weight excluding hydrogens is 237 g/mol. The van der Waals surface area contributed by atoms with Gasteiger partial charge < -0.3 is 5.11 Å². The lowest BCUT2D eigenvalue weighted by atomic mass is 9.71. The predicted molar refractivity (Wildman–Crippen MR) is 61.7 cm³/mol. The van der Waals surface area contributed by atoms with Crippen LogP contribution in [-0.4, -0.2) is 17.2 Å². The van der Waals surface area contributed by atoms with Crippen molar-refractivity contribution in [2.24, 2.45) is 4.99 Å². The molecule has 1 aromatic carbocycles. The van der Waals surface area contributed by atoms with Crippen molar-refractivity contribution in [3.05, 3.63) is 34.6 Å². The molecule has 0 radical (unpaired) electrons. The third-order valence-electron chi connectivity index (χ3n) is 3.49. The van der Waals surface area contributed by atoms with Gasteiger partial charge in [-0.1, -0.05) is 0 Å². The fraction of sp³-hybridized carbons (Fsp3) is 0.385. The molecule has 1 aromatic rings. The zero-order valence-electron chi connectivity index (χ0n) is 9.86. The lowest BCUT2D eigenvalue weighted by Crippen LogP contribution is -2.33. The van der Waals surface area contributed by atoms with Crippen LogP contribution in [-0.2, 0) is 10.3 Å². The molecule has 2 rings (SSSR count). The summed E-state index contributed by atoms with van der Waals surface area (Å²) in [7, 11) is 0. The van der Waals surface area contributed by atoms with Crippen LogP contribution in [0.25, 0.3) is 0 Å². The number of carboxylic acid groups (broad SMARTS) is 1. The van der Waals surface area contributed by atoms with Gasteiger partial charge >= 0.3 is 5.97 Å². The number of carbonyl (C=O) groups is 1. The highest BCUT2D eigenvalue weighted by Gasteiger charge is 2.41. The molecule has 1 saturated carbocycles. The summed E-state index contributed by atoms with van der Waals surface area (Å²) >= 11 is 0. The van der Waals surface area contributed by atoms with E-state index in [-0.39, 0.29) is 11.1 Å². The largest absolute Gasteiger partial charge is 0.478 e. The minimum Gasteiger partial charge on any atom is -0.478 e. The normalized spacial score (nSPS) is 16.6. The maximum atomic E-state index is 14.0. The van der Waals surface area contributed by atoms with Gasteiger partial charge in [-0.15, -0.1) is 0 Å². The van der Waals surface area contributed by atoms with Gasteiger partial charge in [-0.25, -0.2) is 14.0 Å². The molecular formula is C13H12FNO3. The summed E-state index contributed by atoms with van der Waals surface area (Å²) in [6, 6.07) is 2.46. The fourth-order valence-corrected chi connectivity index (χ4v) is 2.30. The second-order valence-corrected chi connectivity index (χ2v) is 4.54. The Bertz CT molecular complexity index is 558. The van der Waals surface area contributed by atoms with Crippen LogP contribution in [0.4, 0.5) is 4.39 Å². The van der Waals surface area contributed by atoms with E-state index in [1.807, 2.05) is 0 Å². The van der Waals surface area contributed by atoms with Crippen molar-refractivity contribution in [3.8, 4) is 0 Å². The maximum absolute atomic E-state index is 14.0. The third kappa shape index (κ3) is 1.83. The molecule has 94 valence electrons. The van der Waals surface area contributed by atoms with Crippen LogP contribution in [0.15, 0.2) is 17.1 Å². The van der Waals surface area contributed by atoms with Gasteiger partial charge in [0.15, 0.2) is 0 Å². The Balaban J connectivity index is 2.60. The van der Waals surface area contributed by atoms with Gasteiger partial charge in [-0.2, -0.15) is 4.99 Å². The van der Waals surface area contributed by atoms with E-state index in [2.05, 4.69) is 4.99 Å². The minimum atomic E-state index is -1.11. The van der Waals surface area contributed by atoms with Crippen LogP contribution in [0.2, 0.25) is 0 Å².